The van der Waals surface area contributed by atoms with Gasteiger partial charge in [0.25, 0.3) is 0 Å². The molecule has 0 aliphatic carbocycles. The number of pyridine rings is 1. The van der Waals surface area contributed by atoms with Crippen LogP contribution in [0, 0.1) is 0 Å². The zero-order valence-electron chi connectivity index (χ0n) is 12.0. The van der Waals surface area contributed by atoms with Crippen molar-refractivity contribution in [3.63, 3.8) is 0 Å². The molecular weight excluding hydrogens is 260 g/mol. The van der Waals surface area contributed by atoms with Crippen LogP contribution in [-0.4, -0.2) is 66.1 Å². The summed E-state index contributed by atoms with van der Waals surface area (Å²) in [5.74, 6) is -1.17. The van der Waals surface area contributed by atoms with Crippen molar-refractivity contribution in [2.24, 2.45) is 0 Å². The van der Waals surface area contributed by atoms with Gasteiger partial charge in [-0.15, -0.1) is 0 Å². The van der Waals surface area contributed by atoms with Crippen LogP contribution < -0.4 is 5.32 Å². The number of urea groups is 1. The third-order valence-corrected chi connectivity index (χ3v) is 2.70. The Kier molecular flexibility index (Phi) is 5.92. The van der Waals surface area contributed by atoms with Crippen LogP contribution in [0.1, 0.15) is 16.9 Å². The quantitative estimate of drug-likeness (QED) is 0.817. The first-order valence-electron chi connectivity index (χ1n) is 6.27. The van der Waals surface area contributed by atoms with E-state index in [1.54, 1.807) is 13.1 Å². The molecule has 0 fully saturated rings. The Morgan fingerprint density at radius 3 is 2.60 bits per heavy atom. The standard InChI is InChI=1S/C13H20N4O3/c1-16(2)8-5-9-17(3)13(20)15-10-6-4-7-14-11(10)12(18)19/h4,6-7H,5,8-9H2,1-3H3,(H,15,20)(H,18,19). The summed E-state index contributed by atoms with van der Waals surface area (Å²) >= 11 is 0. The van der Waals surface area contributed by atoms with Gasteiger partial charge < -0.3 is 20.2 Å². The van der Waals surface area contributed by atoms with E-state index in [1.165, 1.54) is 17.2 Å². The van der Waals surface area contributed by atoms with Crippen LogP contribution in [-0.2, 0) is 0 Å². The predicted molar refractivity (Wildman–Crippen MR) is 76.0 cm³/mol. The lowest BCUT2D eigenvalue weighted by Gasteiger charge is -2.19. The van der Waals surface area contributed by atoms with E-state index < -0.39 is 5.97 Å². The summed E-state index contributed by atoms with van der Waals surface area (Å²) in [4.78, 5) is 30.2. The monoisotopic (exact) mass is 280 g/mol. The molecule has 0 bridgehead atoms. The number of nitrogens with zero attached hydrogens (tertiary/aromatic N) is 3. The fourth-order valence-corrected chi connectivity index (χ4v) is 1.61. The van der Waals surface area contributed by atoms with Gasteiger partial charge in [0.15, 0.2) is 5.69 Å². The minimum absolute atomic E-state index is 0.164. The van der Waals surface area contributed by atoms with Crippen molar-refractivity contribution in [3.05, 3.63) is 24.0 Å². The predicted octanol–water partition coefficient (Wildman–Crippen LogP) is 1.20. The molecule has 7 heteroatoms. The van der Waals surface area contributed by atoms with E-state index in [0.717, 1.165) is 13.0 Å². The molecule has 1 rings (SSSR count). The molecule has 0 saturated carbocycles. The number of aromatic carboxylic acids is 1. The lowest BCUT2D eigenvalue weighted by molar-refractivity contribution is 0.0691. The molecule has 7 nitrogen and oxygen atoms in total. The van der Waals surface area contributed by atoms with Crippen LogP contribution in [0.2, 0.25) is 0 Å². The van der Waals surface area contributed by atoms with E-state index in [0.29, 0.717) is 6.54 Å². The molecule has 0 radical (unpaired) electrons. The smallest absolute Gasteiger partial charge is 0.356 e. The van der Waals surface area contributed by atoms with Crippen molar-refractivity contribution in [3.8, 4) is 0 Å². The molecule has 0 saturated heterocycles. The first kappa shape index (κ1) is 15.9. The first-order valence-corrected chi connectivity index (χ1v) is 6.27. The number of rotatable bonds is 6. The average Bonchev–Trinajstić information content (AvgIpc) is 2.38. The Hall–Kier alpha value is -2.15. The minimum Gasteiger partial charge on any atom is -0.476 e. The zero-order chi connectivity index (χ0) is 15.1. The second-order valence-electron chi connectivity index (χ2n) is 4.71. The Morgan fingerprint density at radius 1 is 1.30 bits per heavy atom. The second kappa shape index (κ2) is 7.44. The van der Waals surface area contributed by atoms with Crippen molar-refractivity contribution >= 4 is 17.7 Å². The van der Waals surface area contributed by atoms with Crippen LogP contribution in [0.4, 0.5) is 10.5 Å². The van der Waals surface area contributed by atoms with Gasteiger partial charge in [-0.2, -0.15) is 0 Å². The van der Waals surface area contributed by atoms with E-state index in [1.807, 2.05) is 19.0 Å². The molecule has 1 aromatic rings. The molecule has 1 heterocycles. The number of amides is 2. The van der Waals surface area contributed by atoms with Crippen LogP contribution >= 0.6 is 0 Å². The van der Waals surface area contributed by atoms with Crippen LogP contribution in [0.15, 0.2) is 18.3 Å². The van der Waals surface area contributed by atoms with E-state index in [2.05, 4.69) is 10.3 Å². The SMILES string of the molecule is CN(C)CCCN(C)C(=O)Nc1cccnc1C(=O)O. The molecule has 20 heavy (non-hydrogen) atoms. The van der Waals surface area contributed by atoms with Gasteiger partial charge in [0, 0.05) is 19.8 Å². The van der Waals surface area contributed by atoms with Crippen molar-refractivity contribution in [1.29, 1.82) is 0 Å². The van der Waals surface area contributed by atoms with Gasteiger partial charge in [-0.25, -0.2) is 14.6 Å². The second-order valence-corrected chi connectivity index (χ2v) is 4.71. The van der Waals surface area contributed by atoms with E-state index in [-0.39, 0.29) is 17.4 Å². The molecule has 2 amide bonds. The maximum absolute atomic E-state index is 11.9. The topological polar surface area (TPSA) is 85.8 Å². The molecule has 2 N–H and O–H groups in total. The fourth-order valence-electron chi connectivity index (χ4n) is 1.61. The summed E-state index contributed by atoms with van der Waals surface area (Å²) in [6.07, 6.45) is 2.22. The number of anilines is 1. The Bertz CT molecular complexity index is 476. The first-order chi connectivity index (χ1) is 9.41. The molecule has 0 aromatic carbocycles. The summed E-state index contributed by atoms with van der Waals surface area (Å²) in [5.41, 5.74) is 0.0343. The highest BCUT2D eigenvalue weighted by Gasteiger charge is 2.15. The molecule has 0 atom stereocenters. The number of hydrogen-bond donors (Lipinski definition) is 2. The number of aromatic nitrogens is 1. The number of carbonyl (C=O) groups is 2. The van der Waals surface area contributed by atoms with Crippen LogP contribution in [0.25, 0.3) is 0 Å². The number of carbonyl (C=O) groups excluding carboxylic acids is 1. The lowest BCUT2D eigenvalue weighted by Crippen LogP contribution is -2.34. The molecule has 1 aromatic heterocycles. The summed E-state index contributed by atoms with van der Waals surface area (Å²) in [5, 5.41) is 11.5. The molecule has 0 spiro atoms. The molecule has 110 valence electrons. The van der Waals surface area contributed by atoms with Gasteiger partial charge in [-0.3, -0.25) is 0 Å². The largest absolute Gasteiger partial charge is 0.476 e. The summed E-state index contributed by atoms with van der Waals surface area (Å²) in [7, 11) is 5.60. The Balaban J connectivity index is 2.59. The maximum atomic E-state index is 11.9. The van der Waals surface area contributed by atoms with E-state index >= 15 is 0 Å². The maximum Gasteiger partial charge on any atom is 0.356 e. The highest BCUT2D eigenvalue weighted by Crippen LogP contribution is 2.12. The molecule has 0 aliphatic heterocycles. The van der Waals surface area contributed by atoms with E-state index in [4.69, 9.17) is 5.11 Å². The summed E-state index contributed by atoms with van der Waals surface area (Å²) in [6.45, 7) is 1.47. The minimum atomic E-state index is -1.17. The van der Waals surface area contributed by atoms with Gasteiger partial charge in [-0.05, 0) is 39.2 Å². The van der Waals surface area contributed by atoms with Gasteiger partial charge in [0.1, 0.15) is 0 Å². The number of hydrogen-bond acceptors (Lipinski definition) is 4. The average molecular weight is 280 g/mol. The van der Waals surface area contributed by atoms with Crippen molar-refractivity contribution in [1.82, 2.24) is 14.8 Å². The Morgan fingerprint density at radius 2 is 2.00 bits per heavy atom. The Labute approximate surface area is 118 Å². The highest BCUT2D eigenvalue weighted by molar-refractivity contribution is 5.98. The normalized spacial score (nSPS) is 10.4. The van der Waals surface area contributed by atoms with Gasteiger partial charge in [0.05, 0.1) is 5.69 Å². The van der Waals surface area contributed by atoms with Crippen LogP contribution in [0.3, 0.4) is 0 Å². The van der Waals surface area contributed by atoms with Gasteiger partial charge in [0.2, 0.25) is 0 Å². The van der Waals surface area contributed by atoms with E-state index in [9.17, 15) is 9.59 Å². The number of nitrogens with one attached hydrogen (secondary N) is 1. The third-order valence-electron chi connectivity index (χ3n) is 2.70. The third kappa shape index (κ3) is 4.85. The molecule has 0 aliphatic rings. The van der Waals surface area contributed by atoms with Crippen LogP contribution in [0.5, 0.6) is 0 Å². The number of carboxylic acids is 1. The fraction of sp³-hybridized carbons (Fsp3) is 0.462. The van der Waals surface area contributed by atoms with Crippen molar-refractivity contribution < 1.29 is 14.7 Å². The zero-order valence-corrected chi connectivity index (χ0v) is 12.0. The molecular formula is C13H20N4O3. The van der Waals surface area contributed by atoms with Crippen molar-refractivity contribution in [2.45, 2.75) is 6.42 Å². The summed E-state index contributed by atoms with van der Waals surface area (Å²) < 4.78 is 0. The van der Waals surface area contributed by atoms with Crippen molar-refractivity contribution in [2.75, 3.05) is 39.5 Å². The number of carboxylic acid groups (broad SMARTS) is 1. The summed E-state index contributed by atoms with van der Waals surface area (Å²) in [6, 6.07) is 2.75. The lowest BCUT2D eigenvalue weighted by atomic mass is 10.3. The molecule has 0 unspecified atom stereocenters. The van der Waals surface area contributed by atoms with Gasteiger partial charge in [-0.1, -0.05) is 0 Å². The van der Waals surface area contributed by atoms with Gasteiger partial charge >= 0.3 is 12.0 Å². The highest BCUT2D eigenvalue weighted by atomic mass is 16.4.